The van der Waals surface area contributed by atoms with Gasteiger partial charge >= 0.3 is 0 Å². The molecule has 7 heteroatoms. The Balaban J connectivity index is 1.78. The minimum atomic E-state index is -2.97. The van der Waals surface area contributed by atoms with E-state index in [1.807, 2.05) is 42.7 Å². The lowest BCUT2D eigenvalue weighted by Gasteiger charge is -2.16. The van der Waals surface area contributed by atoms with Crippen LogP contribution in [0, 0.1) is 13.8 Å². The minimum absolute atomic E-state index is 0.0597. The van der Waals surface area contributed by atoms with E-state index in [9.17, 15) is 13.2 Å². The summed E-state index contributed by atoms with van der Waals surface area (Å²) in [7, 11) is -2.97. The van der Waals surface area contributed by atoms with Gasteiger partial charge < -0.3 is 9.30 Å². The van der Waals surface area contributed by atoms with Gasteiger partial charge in [-0.25, -0.2) is 8.42 Å². The molecule has 0 radical (unpaired) electrons. The molecule has 1 saturated heterocycles. The van der Waals surface area contributed by atoms with E-state index in [4.69, 9.17) is 4.74 Å². The molecule has 0 aliphatic carbocycles. The SMILES string of the molecule is Cc1cc(C(=O)COc2ccccc2Br)c(C)n1C1CCS(=O)(=O)C1. The number of aryl methyl sites for hydroxylation is 1. The number of halogens is 1. The number of hydrogen-bond acceptors (Lipinski definition) is 4. The van der Waals surface area contributed by atoms with Crippen LogP contribution in [0.4, 0.5) is 0 Å². The summed E-state index contributed by atoms with van der Waals surface area (Å²) in [5, 5.41) is 0. The second-order valence-electron chi connectivity index (χ2n) is 6.35. The lowest BCUT2D eigenvalue weighted by atomic mass is 10.1. The molecule has 1 fully saturated rings. The molecule has 2 aromatic rings. The minimum Gasteiger partial charge on any atom is -0.484 e. The van der Waals surface area contributed by atoms with Crippen molar-refractivity contribution < 1.29 is 17.9 Å². The van der Waals surface area contributed by atoms with Crippen LogP contribution in [-0.4, -0.2) is 36.9 Å². The fourth-order valence-corrected chi connectivity index (χ4v) is 5.48. The second kappa shape index (κ2) is 6.96. The molecule has 2 heterocycles. The van der Waals surface area contributed by atoms with Crippen molar-refractivity contribution in [1.82, 2.24) is 4.57 Å². The summed E-state index contributed by atoms with van der Waals surface area (Å²) in [6, 6.07) is 9.11. The molecule has 1 unspecified atom stereocenters. The normalized spacial score (nSPS) is 19.1. The van der Waals surface area contributed by atoms with Crippen LogP contribution in [0.2, 0.25) is 0 Å². The van der Waals surface area contributed by atoms with Crippen molar-refractivity contribution in [3.8, 4) is 5.75 Å². The fraction of sp³-hybridized carbons (Fsp3) is 0.389. The number of carbonyl (C=O) groups is 1. The lowest BCUT2D eigenvalue weighted by molar-refractivity contribution is 0.0920. The Labute approximate surface area is 156 Å². The topological polar surface area (TPSA) is 65.4 Å². The lowest BCUT2D eigenvalue weighted by Crippen LogP contribution is -2.16. The quantitative estimate of drug-likeness (QED) is 0.687. The zero-order valence-electron chi connectivity index (χ0n) is 14.2. The Bertz CT molecular complexity index is 917. The van der Waals surface area contributed by atoms with Gasteiger partial charge in [-0.05, 0) is 54.4 Å². The molecule has 0 bridgehead atoms. The van der Waals surface area contributed by atoms with Gasteiger partial charge in [0.05, 0.1) is 16.0 Å². The van der Waals surface area contributed by atoms with E-state index in [1.165, 1.54) is 0 Å². The first-order chi connectivity index (χ1) is 11.8. The van der Waals surface area contributed by atoms with Crippen LogP contribution in [0.3, 0.4) is 0 Å². The average molecular weight is 426 g/mol. The Hall–Kier alpha value is -1.60. The number of nitrogens with zero attached hydrogens (tertiary/aromatic N) is 1. The van der Waals surface area contributed by atoms with Gasteiger partial charge in [0.2, 0.25) is 5.78 Å². The van der Waals surface area contributed by atoms with Gasteiger partial charge in [-0.2, -0.15) is 0 Å². The average Bonchev–Trinajstić information content (AvgIpc) is 3.05. The molecule has 3 rings (SSSR count). The Morgan fingerprint density at radius 2 is 2.04 bits per heavy atom. The third-order valence-electron chi connectivity index (χ3n) is 4.55. The number of aromatic nitrogens is 1. The summed E-state index contributed by atoms with van der Waals surface area (Å²) >= 11 is 3.39. The third-order valence-corrected chi connectivity index (χ3v) is 6.96. The molecule has 1 aromatic carbocycles. The summed E-state index contributed by atoms with van der Waals surface area (Å²) in [5.74, 6) is 0.857. The van der Waals surface area contributed by atoms with E-state index in [-0.39, 0.29) is 29.9 Å². The molecule has 5 nitrogen and oxygen atoms in total. The van der Waals surface area contributed by atoms with Crippen molar-refractivity contribution in [2.24, 2.45) is 0 Å². The van der Waals surface area contributed by atoms with E-state index in [0.717, 1.165) is 15.9 Å². The fourth-order valence-electron chi connectivity index (χ4n) is 3.38. The number of ether oxygens (including phenoxy) is 1. The van der Waals surface area contributed by atoms with Gasteiger partial charge in [0, 0.05) is 23.0 Å². The Morgan fingerprint density at radius 3 is 2.68 bits per heavy atom. The molecule has 1 aliphatic heterocycles. The highest BCUT2D eigenvalue weighted by molar-refractivity contribution is 9.10. The van der Waals surface area contributed by atoms with Crippen molar-refractivity contribution in [2.75, 3.05) is 18.1 Å². The van der Waals surface area contributed by atoms with Crippen LogP contribution in [0.25, 0.3) is 0 Å². The van der Waals surface area contributed by atoms with Gasteiger partial charge in [0.25, 0.3) is 0 Å². The highest BCUT2D eigenvalue weighted by Gasteiger charge is 2.31. The number of rotatable bonds is 5. The molecule has 25 heavy (non-hydrogen) atoms. The molecule has 0 N–H and O–H groups in total. The van der Waals surface area contributed by atoms with E-state index < -0.39 is 9.84 Å². The molecule has 1 aromatic heterocycles. The number of para-hydroxylation sites is 1. The number of ketones is 1. The van der Waals surface area contributed by atoms with Crippen molar-refractivity contribution in [1.29, 1.82) is 0 Å². The summed E-state index contributed by atoms with van der Waals surface area (Å²) in [4.78, 5) is 12.6. The first-order valence-corrected chi connectivity index (χ1v) is 10.7. The molecule has 0 spiro atoms. The highest BCUT2D eigenvalue weighted by Crippen LogP contribution is 2.29. The molecule has 0 amide bonds. The number of Topliss-reactive ketones (excluding diaryl/α,β-unsaturated/α-hetero) is 1. The largest absolute Gasteiger partial charge is 0.484 e. The summed E-state index contributed by atoms with van der Waals surface area (Å²) < 4.78 is 31.9. The van der Waals surface area contributed by atoms with Gasteiger partial charge in [0.15, 0.2) is 16.4 Å². The Kier molecular flexibility index (Phi) is 5.06. The predicted octanol–water partition coefficient (Wildman–Crippen LogP) is 3.49. The third kappa shape index (κ3) is 3.82. The van der Waals surface area contributed by atoms with Gasteiger partial charge in [-0.3, -0.25) is 4.79 Å². The first-order valence-electron chi connectivity index (χ1n) is 8.08. The number of carbonyl (C=O) groups excluding carboxylic acids is 1. The molecule has 1 aliphatic rings. The van der Waals surface area contributed by atoms with Crippen LogP contribution < -0.4 is 4.74 Å². The van der Waals surface area contributed by atoms with Crippen LogP contribution in [0.1, 0.15) is 34.2 Å². The van der Waals surface area contributed by atoms with Gasteiger partial charge in [-0.1, -0.05) is 12.1 Å². The summed E-state index contributed by atoms with van der Waals surface area (Å²) in [5.41, 5.74) is 2.30. The number of benzene rings is 1. The van der Waals surface area contributed by atoms with E-state index in [2.05, 4.69) is 15.9 Å². The summed E-state index contributed by atoms with van der Waals surface area (Å²) in [6.45, 7) is 3.71. The maximum absolute atomic E-state index is 12.6. The second-order valence-corrected chi connectivity index (χ2v) is 9.44. The molecular weight excluding hydrogens is 406 g/mol. The summed E-state index contributed by atoms with van der Waals surface area (Å²) in [6.07, 6.45) is 0.597. The predicted molar refractivity (Wildman–Crippen MR) is 100 cm³/mol. The van der Waals surface area contributed by atoms with Gasteiger partial charge in [-0.15, -0.1) is 0 Å². The van der Waals surface area contributed by atoms with Crippen LogP contribution in [-0.2, 0) is 9.84 Å². The standard InChI is InChI=1S/C18H20BrNO4S/c1-12-9-15(13(2)20(12)14-7-8-25(22,23)11-14)17(21)10-24-18-6-4-3-5-16(18)19/h3-6,9,14H,7-8,10-11H2,1-2H3. The zero-order chi connectivity index (χ0) is 18.2. The molecule has 1 atom stereocenters. The van der Waals surface area contributed by atoms with Crippen LogP contribution in [0.5, 0.6) is 5.75 Å². The first kappa shape index (κ1) is 18.2. The van der Waals surface area contributed by atoms with Crippen LogP contribution >= 0.6 is 15.9 Å². The number of sulfone groups is 1. The van der Waals surface area contributed by atoms with Crippen molar-refractivity contribution >= 4 is 31.6 Å². The van der Waals surface area contributed by atoms with E-state index >= 15 is 0 Å². The zero-order valence-corrected chi connectivity index (χ0v) is 16.6. The van der Waals surface area contributed by atoms with Crippen molar-refractivity contribution in [3.63, 3.8) is 0 Å². The smallest absolute Gasteiger partial charge is 0.202 e. The number of hydrogen-bond donors (Lipinski definition) is 0. The van der Waals surface area contributed by atoms with Gasteiger partial charge in [0.1, 0.15) is 5.75 Å². The van der Waals surface area contributed by atoms with Crippen molar-refractivity contribution in [2.45, 2.75) is 26.3 Å². The highest BCUT2D eigenvalue weighted by atomic mass is 79.9. The van der Waals surface area contributed by atoms with E-state index in [0.29, 0.717) is 17.7 Å². The molecule has 0 saturated carbocycles. The molecule has 134 valence electrons. The Morgan fingerprint density at radius 1 is 1.32 bits per heavy atom. The van der Waals surface area contributed by atoms with E-state index in [1.54, 1.807) is 6.07 Å². The maximum Gasteiger partial charge on any atom is 0.202 e. The maximum atomic E-state index is 12.6. The monoisotopic (exact) mass is 425 g/mol. The van der Waals surface area contributed by atoms with Crippen LogP contribution in [0.15, 0.2) is 34.8 Å². The van der Waals surface area contributed by atoms with Crippen molar-refractivity contribution in [3.05, 3.63) is 51.8 Å². The molecular formula is C18H20BrNO4S.